The van der Waals surface area contributed by atoms with E-state index in [2.05, 4.69) is 10.3 Å². The van der Waals surface area contributed by atoms with E-state index < -0.39 is 0 Å². The molecule has 0 atom stereocenters. The summed E-state index contributed by atoms with van der Waals surface area (Å²) in [5.41, 5.74) is 7.19. The standard InChI is InChI=1S/C10H12FN3/c11-8-1-2-9(12)7(5-8)6-10-13-3-4-14-10/h1-2,5H,3-4,6,12H2,(H,13,14)/p+1. The molecule has 0 fully saturated rings. The van der Waals surface area contributed by atoms with Crippen LogP contribution in [0.4, 0.5) is 10.1 Å². The molecular weight excluding hydrogens is 181 g/mol. The minimum atomic E-state index is -0.243. The maximum Gasteiger partial charge on any atom is 0.247 e. The average molecular weight is 194 g/mol. The highest BCUT2D eigenvalue weighted by Crippen LogP contribution is 2.13. The van der Waals surface area contributed by atoms with Crippen molar-refractivity contribution in [1.29, 1.82) is 0 Å². The highest BCUT2D eigenvalue weighted by molar-refractivity contribution is 5.81. The molecule has 0 aromatic heterocycles. The zero-order valence-corrected chi connectivity index (χ0v) is 7.81. The molecule has 0 bridgehead atoms. The van der Waals surface area contributed by atoms with Crippen LogP contribution in [0.2, 0.25) is 0 Å². The smallest absolute Gasteiger partial charge is 0.247 e. The molecule has 4 heteroatoms. The minimum Gasteiger partial charge on any atom is -0.398 e. The van der Waals surface area contributed by atoms with E-state index in [1.54, 1.807) is 6.07 Å². The fraction of sp³-hybridized carbons (Fsp3) is 0.300. The van der Waals surface area contributed by atoms with E-state index in [9.17, 15) is 4.39 Å². The van der Waals surface area contributed by atoms with Crippen molar-refractivity contribution < 1.29 is 9.38 Å². The molecule has 1 aliphatic heterocycles. The SMILES string of the molecule is Nc1ccc(F)cc1CC1=[NH+]CCN1. The second kappa shape index (κ2) is 3.65. The fourth-order valence-corrected chi connectivity index (χ4v) is 1.53. The van der Waals surface area contributed by atoms with Gasteiger partial charge in [-0.25, -0.2) is 4.39 Å². The first-order valence-corrected chi connectivity index (χ1v) is 4.63. The van der Waals surface area contributed by atoms with Gasteiger partial charge in [0.15, 0.2) is 0 Å². The third kappa shape index (κ3) is 1.84. The van der Waals surface area contributed by atoms with Crippen molar-refractivity contribution in [1.82, 2.24) is 5.32 Å². The molecule has 1 aromatic carbocycles. The van der Waals surface area contributed by atoms with E-state index >= 15 is 0 Å². The van der Waals surface area contributed by atoms with E-state index in [4.69, 9.17) is 5.73 Å². The third-order valence-electron chi connectivity index (χ3n) is 2.27. The summed E-state index contributed by atoms with van der Waals surface area (Å²) < 4.78 is 12.9. The van der Waals surface area contributed by atoms with E-state index in [0.717, 1.165) is 24.5 Å². The van der Waals surface area contributed by atoms with Crippen LogP contribution in [0.3, 0.4) is 0 Å². The van der Waals surface area contributed by atoms with Gasteiger partial charge in [-0.1, -0.05) is 0 Å². The largest absolute Gasteiger partial charge is 0.398 e. The number of nitrogen functional groups attached to an aromatic ring is 1. The number of nitrogens with two attached hydrogens (primary N) is 1. The molecule has 0 saturated heterocycles. The number of nitrogens with one attached hydrogen (secondary N) is 2. The molecule has 0 unspecified atom stereocenters. The van der Waals surface area contributed by atoms with Gasteiger partial charge < -0.3 is 5.73 Å². The molecule has 0 aliphatic carbocycles. The molecule has 0 spiro atoms. The minimum absolute atomic E-state index is 0.243. The van der Waals surface area contributed by atoms with Crippen molar-refractivity contribution in [3.8, 4) is 0 Å². The zero-order chi connectivity index (χ0) is 9.97. The van der Waals surface area contributed by atoms with Crippen LogP contribution in [-0.4, -0.2) is 18.9 Å². The van der Waals surface area contributed by atoms with Crippen LogP contribution in [0.15, 0.2) is 18.2 Å². The van der Waals surface area contributed by atoms with Crippen LogP contribution in [0, 0.1) is 5.82 Å². The first-order valence-electron chi connectivity index (χ1n) is 4.63. The van der Waals surface area contributed by atoms with Crippen LogP contribution in [-0.2, 0) is 6.42 Å². The lowest BCUT2D eigenvalue weighted by molar-refractivity contribution is -0.445. The number of benzene rings is 1. The summed E-state index contributed by atoms with van der Waals surface area (Å²) in [7, 11) is 0. The van der Waals surface area contributed by atoms with Crippen molar-refractivity contribution in [2.24, 2.45) is 0 Å². The Kier molecular flexibility index (Phi) is 2.35. The Labute approximate surface area is 81.8 Å². The molecule has 14 heavy (non-hydrogen) atoms. The first kappa shape index (κ1) is 8.99. The van der Waals surface area contributed by atoms with Crippen LogP contribution in [0.5, 0.6) is 0 Å². The summed E-state index contributed by atoms with van der Waals surface area (Å²) in [6.07, 6.45) is 0.642. The van der Waals surface area contributed by atoms with Gasteiger partial charge in [0.1, 0.15) is 18.9 Å². The molecule has 2 rings (SSSR count). The summed E-state index contributed by atoms with van der Waals surface area (Å²) in [6, 6.07) is 4.45. The fourth-order valence-electron chi connectivity index (χ4n) is 1.53. The van der Waals surface area contributed by atoms with Crippen molar-refractivity contribution in [3.63, 3.8) is 0 Å². The quantitative estimate of drug-likeness (QED) is 0.531. The van der Waals surface area contributed by atoms with Crippen LogP contribution in [0.25, 0.3) is 0 Å². The zero-order valence-electron chi connectivity index (χ0n) is 7.81. The van der Waals surface area contributed by atoms with Crippen molar-refractivity contribution >= 4 is 11.5 Å². The van der Waals surface area contributed by atoms with Gasteiger partial charge in [-0.15, -0.1) is 0 Å². The first-order chi connectivity index (χ1) is 6.75. The van der Waals surface area contributed by atoms with Gasteiger partial charge in [-0.05, 0) is 23.8 Å². The van der Waals surface area contributed by atoms with Gasteiger partial charge in [0.05, 0.1) is 6.42 Å². The maximum atomic E-state index is 12.9. The molecule has 74 valence electrons. The Morgan fingerprint density at radius 3 is 3.07 bits per heavy atom. The van der Waals surface area contributed by atoms with Gasteiger partial charge in [-0.3, -0.25) is 10.3 Å². The Morgan fingerprint density at radius 2 is 2.36 bits per heavy atom. The molecule has 4 N–H and O–H groups in total. The Balaban J connectivity index is 2.19. The summed E-state index contributed by atoms with van der Waals surface area (Å²) in [4.78, 5) is 3.18. The maximum absolute atomic E-state index is 12.9. The lowest BCUT2D eigenvalue weighted by atomic mass is 10.1. The third-order valence-corrected chi connectivity index (χ3v) is 2.27. The normalized spacial score (nSPS) is 15.1. The molecular formula is C10H13FN3+. The molecule has 0 radical (unpaired) electrons. The number of halogens is 1. The molecule has 1 heterocycles. The molecule has 0 saturated carbocycles. The second-order valence-electron chi connectivity index (χ2n) is 3.35. The van der Waals surface area contributed by atoms with Gasteiger partial charge in [0.2, 0.25) is 5.84 Å². The molecule has 1 aromatic rings. The average Bonchev–Trinajstić information content (AvgIpc) is 2.64. The lowest BCUT2D eigenvalue weighted by Gasteiger charge is -2.02. The van der Waals surface area contributed by atoms with E-state index in [0.29, 0.717) is 12.1 Å². The summed E-state index contributed by atoms with van der Waals surface area (Å²) in [5, 5.41) is 3.18. The second-order valence-corrected chi connectivity index (χ2v) is 3.35. The van der Waals surface area contributed by atoms with E-state index in [1.807, 2.05) is 0 Å². The van der Waals surface area contributed by atoms with Crippen LogP contribution < -0.4 is 16.0 Å². The number of rotatable bonds is 2. The lowest BCUT2D eigenvalue weighted by Crippen LogP contribution is -2.71. The van der Waals surface area contributed by atoms with Gasteiger partial charge in [0, 0.05) is 5.69 Å². The Morgan fingerprint density at radius 1 is 1.50 bits per heavy atom. The molecule has 0 amide bonds. The monoisotopic (exact) mass is 194 g/mol. The van der Waals surface area contributed by atoms with Crippen molar-refractivity contribution in [2.75, 3.05) is 18.8 Å². The summed E-state index contributed by atoms with van der Waals surface area (Å²) in [6.45, 7) is 1.84. The number of hydrogen-bond donors (Lipinski definition) is 3. The number of anilines is 1. The highest BCUT2D eigenvalue weighted by atomic mass is 19.1. The summed E-state index contributed by atoms with van der Waals surface area (Å²) >= 11 is 0. The van der Waals surface area contributed by atoms with Crippen LogP contribution in [0.1, 0.15) is 5.56 Å². The van der Waals surface area contributed by atoms with Crippen molar-refractivity contribution in [2.45, 2.75) is 6.42 Å². The van der Waals surface area contributed by atoms with E-state index in [-0.39, 0.29) is 5.82 Å². The van der Waals surface area contributed by atoms with E-state index in [1.165, 1.54) is 12.1 Å². The predicted molar refractivity (Wildman–Crippen MR) is 53.4 cm³/mol. The Hall–Kier alpha value is -1.58. The molecule has 1 aliphatic rings. The molecule has 3 nitrogen and oxygen atoms in total. The highest BCUT2D eigenvalue weighted by Gasteiger charge is 2.14. The van der Waals surface area contributed by atoms with Gasteiger partial charge >= 0.3 is 0 Å². The van der Waals surface area contributed by atoms with Crippen molar-refractivity contribution in [3.05, 3.63) is 29.6 Å². The van der Waals surface area contributed by atoms with Gasteiger partial charge in [-0.2, -0.15) is 0 Å². The predicted octanol–water partition coefficient (Wildman–Crippen LogP) is -0.967. The number of hydrogen-bond acceptors (Lipinski definition) is 2. The van der Waals surface area contributed by atoms with Crippen LogP contribution >= 0.6 is 0 Å². The van der Waals surface area contributed by atoms with Gasteiger partial charge in [0.25, 0.3) is 0 Å². The topological polar surface area (TPSA) is 52.0 Å². The number of amidine groups is 1. The Bertz CT molecular complexity index is 374. The summed E-state index contributed by atoms with van der Waals surface area (Å²) in [5.74, 6) is 0.773.